The molecular formula is C15H16ClFN2O. The molecule has 0 amide bonds. The van der Waals surface area contributed by atoms with Crippen LogP contribution in [0.15, 0.2) is 23.0 Å². The fourth-order valence-electron chi connectivity index (χ4n) is 2.26. The van der Waals surface area contributed by atoms with Crippen molar-refractivity contribution in [3.8, 4) is 0 Å². The molecule has 1 aromatic carbocycles. The second-order valence-corrected chi connectivity index (χ2v) is 5.49. The molecule has 20 heavy (non-hydrogen) atoms. The maximum Gasteiger partial charge on any atom is 0.254 e. The summed E-state index contributed by atoms with van der Waals surface area (Å²) in [6.07, 6.45) is 0.369. The van der Waals surface area contributed by atoms with E-state index in [1.807, 2.05) is 20.8 Å². The Hall–Kier alpha value is -1.68. The topological polar surface area (TPSA) is 45.8 Å². The molecule has 0 fully saturated rings. The smallest absolute Gasteiger partial charge is 0.254 e. The van der Waals surface area contributed by atoms with Crippen molar-refractivity contribution in [2.75, 3.05) is 0 Å². The number of halogens is 2. The maximum absolute atomic E-state index is 13.0. The largest absolute Gasteiger partial charge is 0.310 e. The molecule has 5 heteroatoms. The number of aromatic nitrogens is 2. The third-order valence-corrected chi connectivity index (χ3v) is 3.50. The molecule has 1 aromatic heterocycles. The van der Waals surface area contributed by atoms with E-state index in [9.17, 15) is 9.18 Å². The predicted molar refractivity (Wildman–Crippen MR) is 77.9 cm³/mol. The van der Waals surface area contributed by atoms with Crippen LogP contribution in [0.4, 0.5) is 4.39 Å². The Bertz CT molecular complexity index is 695. The Kier molecular flexibility index (Phi) is 4.23. The van der Waals surface area contributed by atoms with Crippen molar-refractivity contribution in [1.82, 2.24) is 9.97 Å². The van der Waals surface area contributed by atoms with Gasteiger partial charge in [0.05, 0.1) is 0 Å². The fourth-order valence-corrected chi connectivity index (χ4v) is 2.50. The summed E-state index contributed by atoms with van der Waals surface area (Å²) in [7, 11) is 0. The number of benzene rings is 1. The Morgan fingerprint density at radius 3 is 2.65 bits per heavy atom. The average Bonchev–Trinajstić information content (AvgIpc) is 2.31. The molecule has 0 unspecified atom stereocenters. The number of hydrogen-bond acceptors (Lipinski definition) is 2. The summed E-state index contributed by atoms with van der Waals surface area (Å²) in [5.74, 6) is 0.270. The van der Waals surface area contributed by atoms with Crippen LogP contribution in [0, 0.1) is 12.7 Å². The van der Waals surface area contributed by atoms with Crippen LogP contribution in [0.5, 0.6) is 0 Å². The first kappa shape index (κ1) is 14.7. The van der Waals surface area contributed by atoms with E-state index in [0.717, 1.165) is 11.3 Å². The molecule has 0 aliphatic rings. The van der Waals surface area contributed by atoms with Gasteiger partial charge >= 0.3 is 0 Å². The highest BCUT2D eigenvalue weighted by Gasteiger charge is 2.12. The zero-order valence-electron chi connectivity index (χ0n) is 11.6. The Morgan fingerprint density at radius 1 is 1.40 bits per heavy atom. The van der Waals surface area contributed by atoms with E-state index in [1.54, 1.807) is 6.07 Å². The molecule has 0 saturated heterocycles. The van der Waals surface area contributed by atoms with Crippen molar-refractivity contribution in [1.29, 1.82) is 0 Å². The zero-order valence-corrected chi connectivity index (χ0v) is 12.4. The van der Waals surface area contributed by atoms with Crippen LogP contribution in [-0.2, 0) is 6.42 Å². The van der Waals surface area contributed by atoms with E-state index in [-0.39, 0.29) is 17.3 Å². The van der Waals surface area contributed by atoms with E-state index in [4.69, 9.17) is 11.6 Å². The van der Waals surface area contributed by atoms with Gasteiger partial charge in [0.2, 0.25) is 0 Å². The van der Waals surface area contributed by atoms with Crippen LogP contribution in [0.1, 0.15) is 42.4 Å². The molecule has 0 saturated carbocycles. The number of aromatic amines is 1. The Labute approximate surface area is 121 Å². The van der Waals surface area contributed by atoms with Crippen molar-refractivity contribution < 1.29 is 4.39 Å². The SMILES string of the molecule is Cc1nc(Cc2ccc(F)cc2Cl)[nH]c(=O)c1C(C)C. The number of nitrogens with one attached hydrogen (secondary N) is 1. The van der Waals surface area contributed by atoms with Crippen LogP contribution < -0.4 is 5.56 Å². The van der Waals surface area contributed by atoms with Crippen LogP contribution in [0.25, 0.3) is 0 Å². The van der Waals surface area contributed by atoms with Crippen molar-refractivity contribution in [3.63, 3.8) is 0 Å². The number of aryl methyl sites for hydroxylation is 1. The van der Waals surface area contributed by atoms with E-state index in [0.29, 0.717) is 22.8 Å². The highest BCUT2D eigenvalue weighted by Crippen LogP contribution is 2.20. The molecule has 0 atom stereocenters. The van der Waals surface area contributed by atoms with Gasteiger partial charge in [-0.2, -0.15) is 0 Å². The van der Waals surface area contributed by atoms with Gasteiger partial charge in [-0.3, -0.25) is 4.79 Å². The van der Waals surface area contributed by atoms with Crippen LogP contribution in [0.3, 0.4) is 0 Å². The van der Waals surface area contributed by atoms with Crippen molar-refractivity contribution in [2.24, 2.45) is 0 Å². The lowest BCUT2D eigenvalue weighted by Crippen LogP contribution is -2.20. The summed E-state index contributed by atoms with van der Waals surface area (Å²) in [4.78, 5) is 19.2. The van der Waals surface area contributed by atoms with Gasteiger partial charge in [0.15, 0.2) is 0 Å². The van der Waals surface area contributed by atoms with Crippen molar-refractivity contribution in [2.45, 2.75) is 33.1 Å². The van der Waals surface area contributed by atoms with Crippen molar-refractivity contribution in [3.05, 3.63) is 62.0 Å². The molecule has 1 heterocycles. The summed E-state index contributed by atoms with van der Waals surface area (Å²) in [5.41, 5.74) is 2.02. The average molecular weight is 295 g/mol. The van der Waals surface area contributed by atoms with E-state index >= 15 is 0 Å². The summed E-state index contributed by atoms with van der Waals surface area (Å²) in [6.45, 7) is 5.73. The first-order valence-electron chi connectivity index (χ1n) is 6.42. The molecule has 2 rings (SSSR count). The number of hydrogen-bond donors (Lipinski definition) is 1. The summed E-state index contributed by atoms with van der Waals surface area (Å²) < 4.78 is 13.0. The number of rotatable bonds is 3. The molecule has 2 aromatic rings. The van der Waals surface area contributed by atoms with Crippen LogP contribution in [-0.4, -0.2) is 9.97 Å². The van der Waals surface area contributed by atoms with Gasteiger partial charge in [-0.15, -0.1) is 0 Å². The first-order chi connectivity index (χ1) is 9.38. The lowest BCUT2D eigenvalue weighted by Gasteiger charge is -2.10. The summed E-state index contributed by atoms with van der Waals surface area (Å²) in [6, 6.07) is 4.20. The second kappa shape index (κ2) is 5.75. The molecule has 3 nitrogen and oxygen atoms in total. The van der Waals surface area contributed by atoms with E-state index in [1.165, 1.54) is 12.1 Å². The van der Waals surface area contributed by atoms with Gasteiger partial charge in [-0.1, -0.05) is 31.5 Å². The number of H-pyrrole nitrogens is 1. The quantitative estimate of drug-likeness (QED) is 0.940. The number of nitrogens with zero attached hydrogens (tertiary/aromatic N) is 1. The highest BCUT2D eigenvalue weighted by atomic mass is 35.5. The summed E-state index contributed by atoms with van der Waals surface area (Å²) >= 11 is 5.98. The van der Waals surface area contributed by atoms with Gasteiger partial charge in [0.1, 0.15) is 11.6 Å². The molecule has 1 N–H and O–H groups in total. The van der Waals surface area contributed by atoms with Crippen LogP contribution >= 0.6 is 11.6 Å². The van der Waals surface area contributed by atoms with E-state index < -0.39 is 0 Å². The fraction of sp³-hybridized carbons (Fsp3) is 0.333. The Balaban J connectivity index is 2.38. The van der Waals surface area contributed by atoms with Gasteiger partial charge in [-0.25, -0.2) is 9.37 Å². The monoisotopic (exact) mass is 294 g/mol. The molecule has 0 bridgehead atoms. The lowest BCUT2D eigenvalue weighted by molar-refractivity contribution is 0.627. The maximum atomic E-state index is 13.0. The standard InChI is InChI=1S/C15H16ClFN2O/c1-8(2)14-9(3)18-13(19-15(14)20)6-10-4-5-11(17)7-12(10)16/h4-5,7-8H,6H2,1-3H3,(H,18,19,20). The zero-order chi connectivity index (χ0) is 14.9. The minimum absolute atomic E-state index is 0.120. The lowest BCUT2D eigenvalue weighted by atomic mass is 10.0. The van der Waals surface area contributed by atoms with Crippen LogP contribution in [0.2, 0.25) is 5.02 Å². The highest BCUT2D eigenvalue weighted by molar-refractivity contribution is 6.31. The molecule has 0 spiro atoms. The third-order valence-electron chi connectivity index (χ3n) is 3.15. The molecular weight excluding hydrogens is 279 g/mol. The molecule has 106 valence electrons. The van der Waals surface area contributed by atoms with Crippen molar-refractivity contribution >= 4 is 11.6 Å². The molecule has 0 aliphatic carbocycles. The van der Waals surface area contributed by atoms with Gasteiger partial charge in [0, 0.05) is 22.7 Å². The summed E-state index contributed by atoms with van der Waals surface area (Å²) in [5, 5.41) is 0.332. The molecule has 0 radical (unpaired) electrons. The Morgan fingerprint density at radius 2 is 2.10 bits per heavy atom. The van der Waals surface area contributed by atoms with Gasteiger partial charge in [-0.05, 0) is 30.5 Å². The predicted octanol–water partition coefficient (Wildman–Crippen LogP) is 3.59. The van der Waals surface area contributed by atoms with Gasteiger partial charge in [0.25, 0.3) is 5.56 Å². The minimum atomic E-state index is -0.383. The third kappa shape index (κ3) is 3.07. The normalized spacial score (nSPS) is 11.1. The first-order valence-corrected chi connectivity index (χ1v) is 6.80. The molecule has 0 aliphatic heterocycles. The van der Waals surface area contributed by atoms with E-state index in [2.05, 4.69) is 9.97 Å². The second-order valence-electron chi connectivity index (χ2n) is 5.08. The minimum Gasteiger partial charge on any atom is -0.310 e. The van der Waals surface area contributed by atoms with Gasteiger partial charge < -0.3 is 4.98 Å².